The Balaban J connectivity index is 1.93. The van der Waals surface area contributed by atoms with Crippen molar-refractivity contribution in [1.82, 2.24) is 10.3 Å². The number of nitrogens with one attached hydrogen (secondary N) is 2. The number of aromatic amines is 1. The number of amides is 1. The summed E-state index contributed by atoms with van der Waals surface area (Å²) in [6, 6.07) is 5.38. The number of halogens is 2. The van der Waals surface area contributed by atoms with E-state index in [9.17, 15) is 4.79 Å². The molecule has 2 N–H and O–H groups in total. The van der Waals surface area contributed by atoms with Gasteiger partial charge in [-0.3, -0.25) is 4.79 Å². The van der Waals surface area contributed by atoms with Crippen molar-refractivity contribution in [2.75, 3.05) is 0 Å². The van der Waals surface area contributed by atoms with Gasteiger partial charge in [0.25, 0.3) is 5.91 Å². The van der Waals surface area contributed by atoms with Crippen LogP contribution in [0.1, 0.15) is 43.1 Å². The van der Waals surface area contributed by atoms with Gasteiger partial charge in [0.15, 0.2) is 0 Å². The van der Waals surface area contributed by atoms with Gasteiger partial charge in [0.2, 0.25) is 0 Å². The van der Waals surface area contributed by atoms with Gasteiger partial charge in [-0.05, 0) is 43.9 Å². The van der Waals surface area contributed by atoms with Crippen molar-refractivity contribution in [3.05, 3.63) is 33.9 Å². The Hall–Kier alpha value is -1.19. The first kappa shape index (κ1) is 13.8. The normalized spacial score (nSPS) is 16.9. The Morgan fingerprint density at radius 2 is 2.15 bits per heavy atom. The number of fused-ring (bicyclic) bond motifs is 1. The van der Waals surface area contributed by atoms with Gasteiger partial charge in [-0.25, -0.2) is 0 Å². The van der Waals surface area contributed by atoms with E-state index < -0.39 is 0 Å². The number of rotatable bonds is 3. The van der Waals surface area contributed by atoms with E-state index in [1.807, 2.05) is 6.07 Å². The van der Waals surface area contributed by atoms with Gasteiger partial charge in [0, 0.05) is 21.5 Å². The molecule has 1 aliphatic carbocycles. The van der Waals surface area contributed by atoms with E-state index in [1.165, 1.54) is 6.42 Å². The molecule has 1 fully saturated rings. The summed E-state index contributed by atoms with van der Waals surface area (Å²) in [5.41, 5.74) is 1.20. The van der Waals surface area contributed by atoms with E-state index in [0.717, 1.165) is 30.2 Å². The minimum atomic E-state index is -0.135. The van der Waals surface area contributed by atoms with E-state index in [0.29, 0.717) is 15.7 Å². The number of hydrogen-bond acceptors (Lipinski definition) is 1. The van der Waals surface area contributed by atoms with Gasteiger partial charge in [-0.2, -0.15) is 0 Å². The van der Waals surface area contributed by atoms with E-state index >= 15 is 0 Å². The maximum Gasteiger partial charge on any atom is 0.269 e. The molecule has 2 aromatic rings. The lowest BCUT2D eigenvalue weighted by Gasteiger charge is -2.41. The highest BCUT2D eigenvalue weighted by Crippen LogP contribution is 2.36. The van der Waals surface area contributed by atoms with Gasteiger partial charge >= 0.3 is 0 Å². The summed E-state index contributed by atoms with van der Waals surface area (Å²) in [6.07, 6.45) is 4.20. The summed E-state index contributed by atoms with van der Waals surface area (Å²) in [7, 11) is 0. The van der Waals surface area contributed by atoms with Crippen LogP contribution in [-0.4, -0.2) is 16.4 Å². The third-order valence-corrected chi connectivity index (χ3v) is 4.92. The third kappa shape index (κ3) is 2.19. The van der Waals surface area contributed by atoms with Crippen LogP contribution >= 0.6 is 23.2 Å². The van der Waals surface area contributed by atoms with Crippen molar-refractivity contribution in [1.29, 1.82) is 0 Å². The summed E-state index contributed by atoms with van der Waals surface area (Å²) in [5.74, 6) is -0.135. The monoisotopic (exact) mass is 310 g/mol. The topological polar surface area (TPSA) is 44.9 Å². The standard InChI is InChI=1S/C15H16Cl2N2O/c1-2-15(6-3-7-15)19-14(20)13-12(17)10-8-9(16)4-5-11(10)18-13/h4-5,8,18H,2-3,6-7H2,1H3,(H,19,20). The van der Waals surface area contributed by atoms with Crippen molar-refractivity contribution in [2.24, 2.45) is 0 Å². The molecule has 3 nitrogen and oxygen atoms in total. The lowest BCUT2D eigenvalue weighted by molar-refractivity contribution is 0.0816. The number of hydrogen-bond donors (Lipinski definition) is 2. The molecule has 0 unspecified atom stereocenters. The molecule has 0 bridgehead atoms. The van der Waals surface area contributed by atoms with Crippen LogP contribution in [0.4, 0.5) is 0 Å². The molecule has 1 aromatic carbocycles. The molecule has 0 radical (unpaired) electrons. The smallest absolute Gasteiger partial charge is 0.269 e. The highest BCUT2D eigenvalue weighted by Gasteiger charge is 2.37. The zero-order chi connectivity index (χ0) is 14.3. The van der Waals surface area contributed by atoms with Gasteiger partial charge in [0.05, 0.1) is 5.02 Å². The second kappa shape index (κ2) is 4.97. The lowest BCUT2D eigenvalue weighted by atomic mass is 9.75. The molecular formula is C15H16Cl2N2O. The molecule has 1 aromatic heterocycles. The fourth-order valence-corrected chi connectivity index (χ4v) is 3.22. The Kier molecular flexibility index (Phi) is 3.43. The molecule has 106 valence electrons. The summed E-state index contributed by atoms with van der Waals surface area (Å²) in [6.45, 7) is 2.10. The van der Waals surface area contributed by atoms with E-state index in [2.05, 4.69) is 17.2 Å². The SMILES string of the molecule is CCC1(NC(=O)c2[nH]c3ccc(Cl)cc3c2Cl)CCC1. The Bertz CT molecular complexity index is 668. The summed E-state index contributed by atoms with van der Waals surface area (Å²) >= 11 is 12.3. The van der Waals surface area contributed by atoms with Crippen LogP contribution < -0.4 is 5.32 Å². The van der Waals surface area contributed by atoms with Gasteiger partial charge in [-0.15, -0.1) is 0 Å². The first-order chi connectivity index (χ1) is 9.54. The predicted octanol–water partition coefficient (Wildman–Crippen LogP) is 4.54. The molecule has 1 amide bonds. The second-order valence-corrected chi connectivity index (χ2v) is 6.26. The molecule has 0 aliphatic heterocycles. The molecule has 1 saturated carbocycles. The van der Waals surface area contributed by atoms with E-state index in [1.54, 1.807) is 12.1 Å². The molecule has 1 aliphatic rings. The first-order valence-corrected chi connectivity index (χ1v) is 7.59. The maximum atomic E-state index is 12.4. The van der Waals surface area contributed by atoms with Crippen LogP contribution in [-0.2, 0) is 0 Å². The van der Waals surface area contributed by atoms with Crippen molar-refractivity contribution in [3.63, 3.8) is 0 Å². The molecule has 0 spiro atoms. The Morgan fingerprint density at radius 3 is 2.75 bits per heavy atom. The lowest BCUT2D eigenvalue weighted by Crippen LogP contribution is -2.53. The average molecular weight is 311 g/mol. The van der Waals surface area contributed by atoms with Crippen LogP contribution in [0.5, 0.6) is 0 Å². The second-order valence-electron chi connectivity index (χ2n) is 5.45. The van der Waals surface area contributed by atoms with Crippen LogP contribution in [0.15, 0.2) is 18.2 Å². The Labute approximate surface area is 127 Å². The largest absolute Gasteiger partial charge is 0.349 e. The van der Waals surface area contributed by atoms with Crippen molar-refractivity contribution in [2.45, 2.75) is 38.1 Å². The highest BCUT2D eigenvalue weighted by molar-refractivity contribution is 6.39. The van der Waals surface area contributed by atoms with Crippen molar-refractivity contribution < 1.29 is 4.79 Å². The zero-order valence-electron chi connectivity index (χ0n) is 11.2. The van der Waals surface area contributed by atoms with Crippen LogP contribution in [0.2, 0.25) is 10.0 Å². The molecule has 1 heterocycles. The number of benzene rings is 1. The Morgan fingerprint density at radius 1 is 1.40 bits per heavy atom. The highest BCUT2D eigenvalue weighted by atomic mass is 35.5. The quantitative estimate of drug-likeness (QED) is 0.859. The summed E-state index contributed by atoms with van der Waals surface area (Å²) < 4.78 is 0. The number of carbonyl (C=O) groups is 1. The number of aromatic nitrogens is 1. The average Bonchev–Trinajstić information content (AvgIpc) is 2.71. The molecule has 20 heavy (non-hydrogen) atoms. The van der Waals surface area contributed by atoms with Gasteiger partial charge < -0.3 is 10.3 Å². The summed E-state index contributed by atoms with van der Waals surface area (Å²) in [5, 5.41) is 4.95. The summed E-state index contributed by atoms with van der Waals surface area (Å²) in [4.78, 5) is 15.5. The first-order valence-electron chi connectivity index (χ1n) is 6.84. The minimum Gasteiger partial charge on any atom is -0.349 e. The van der Waals surface area contributed by atoms with Crippen molar-refractivity contribution in [3.8, 4) is 0 Å². The fourth-order valence-electron chi connectivity index (χ4n) is 2.76. The third-order valence-electron chi connectivity index (χ3n) is 4.29. The van der Waals surface area contributed by atoms with E-state index in [4.69, 9.17) is 23.2 Å². The van der Waals surface area contributed by atoms with Gasteiger partial charge in [0.1, 0.15) is 5.69 Å². The minimum absolute atomic E-state index is 0.0463. The van der Waals surface area contributed by atoms with E-state index in [-0.39, 0.29) is 11.4 Å². The molecular weight excluding hydrogens is 295 g/mol. The van der Waals surface area contributed by atoms with Gasteiger partial charge in [-0.1, -0.05) is 30.1 Å². The molecule has 5 heteroatoms. The van der Waals surface area contributed by atoms with Crippen LogP contribution in [0.3, 0.4) is 0 Å². The van der Waals surface area contributed by atoms with Crippen LogP contribution in [0.25, 0.3) is 10.9 Å². The number of H-pyrrole nitrogens is 1. The number of carbonyl (C=O) groups excluding carboxylic acids is 1. The maximum absolute atomic E-state index is 12.4. The predicted molar refractivity (Wildman–Crippen MR) is 82.7 cm³/mol. The van der Waals surface area contributed by atoms with Crippen molar-refractivity contribution >= 4 is 40.0 Å². The van der Waals surface area contributed by atoms with Crippen LogP contribution in [0, 0.1) is 0 Å². The fraction of sp³-hybridized carbons (Fsp3) is 0.400. The molecule has 0 atom stereocenters. The molecule has 0 saturated heterocycles. The molecule has 3 rings (SSSR count). The zero-order valence-corrected chi connectivity index (χ0v) is 12.7.